The van der Waals surface area contributed by atoms with Crippen LogP contribution >= 0.6 is 7.82 Å². The third-order valence-electron chi connectivity index (χ3n) is 12.3. The van der Waals surface area contributed by atoms with Crippen molar-refractivity contribution in [2.24, 2.45) is 0 Å². The van der Waals surface area contributed by atoms with Crippen molar-refractivity contribution in [3.63, 3.8) is 0 Å². The molecule has 0 aromatic carbocycles. The Morgan fingerprint density at radius 1 is 0.500 bits per heavy atom. The Kier molecular flexibility index (Phi) is 49.4. The number of carbonyl (C=O) groups is 1. The van der Waals surface area contributed by atoms with E-state index < -0.39 is 20.0 Å². The van der Waals surface area contributed by atoms with Crippen molar-refractivity contribution in [2.45, 2.75) is 244 Å². The van der Waals surface area contributed by atoms with E-state index in [0.29, 0.717) is 17.4 Å². The number of aliphatic hydroxyl groups excluding tert-OH is 1. The minimum atomic E-state index is -4.34. The summed E-state index contributed by atoms with van der Waals surface area (Å²) in [5.41, 5.74) is 0. The number of allylic oxidation sites excluding steroid dienone is 15. The van der Waals surface area contributed by atoms with Gasteiger partial charge in [-0.25, -0.2) is 4.57 Å². The molecule has 8 nitrogen and oxygen atoms in total. The number of quaternary nitrogens is 1. The molecule has 0 rings (SSSR count). The fourth-order valence-corrected chi connectivity index (χ4v) is 8.57. The van der Waals surface area contributed by atoms with Crippen LogP contribution in [0.15, 0.2) is 97.2 Å². The number of hydrogen-bond donors (Lipinski definition) is 3. The lowest BCUT2D eigenvalue weighted by atomic mass is 10.0. The molecule has 0 radical (unpaired) electrons. The third-order valence-corrected chi connectivity index (χ3v) is 13.3. The SMILES string of the molecule is CC/C=C\C/C=C\C/C=C\C/C=C\C/C=C\C/C=C\CCCCCCCCCCCCCCCCCCCCCCCCC(=O)NC(COP(=O)(O)OCC[N+](C)(C)C)C(O)/C=C/CC/C=C/CCC. The number of phosphoric acid groups is 1. The minimum Gasteiger partial charge on any atom is -0.387 e. The number of rotatable bonds is 51. The molecule has 0 spiro atoms. The summed E-state index contributed by atoms with van der Waals surface area (Å²) in [5.74, 6) is -0.192. The molecule has 9 heteroatoms. The molecule has 1 amide bonds. The van der Waals surface area contributed by atoms with E-state index in [1.807, 2.05) is 27.2 Å². The highest BCUT2D eigenvalue weighted by atomic mass is 31.2. The zero-order chi connectivity index (χ0) is 51.3. The molecule has 0 aromatic heterocycles. The second-order valence-corrected chi connectivity index (χ2v) is 21.7. The molecule has 0 aliphatic carbocycles. The van der Waals surface area contributed by atoms with Gasteiger partial charge in [-0.05, 0) is 77.0 Å². The predicted molar refractivity (Wildman–Crippen MR) is 304 cm³/mol. The zero-order valence-corrected chi connectivity index (χ0v) is 46.9. The largest absolute Gasteiger partial charge is 0.472 e. The Hall–Kier alpha value is -2.58. The van der Waals surface area contributed by atoms with E-state index in [1.165, 1.54) is 128 Å². The number of nitrogens with one attached hydrogen (secondary N) is 1. The molecule has 0 saturated carbocycles. The van der Waals surface area contributed by atoms with Crippen LogP contribution in [0, 0.1) is 0 Å². The molecule has 0 aliphatic rings. The van der Waals surface area contributed by atoms with E-state index in [1.54, 1.807) is 6.08 Å². The van der Waals surface area contributed by atoms with Crippen LogP contribution in [0.3, 0.4) is 0 Å². The Balaban J connectivity index is 3.78. The molecule has 70 heavy (non-hydrogen) atoms. The first kappa shape index (κ1) is 67.4. The van der Waals surface area contributed by atoms with Crippen LogP contribution in [0.25, 0.3) is 0 Å². The summed E-state index contributed by atoms with van der Waals surface area (Å²) < 4.78 is 23.5. The summed E-state index contributed by atoms with van der Waals surface area (Å²) in [4.78, 5) is 23.1. The van der Waals surface area contributed by atoms with Gasteiger partial charge in [0.1, 0.15) is 13.2 Å². The second kappa shape index (κ2) is 51.3. The topological polar surface area (TPSA) is 105 Å². The highest BCUT2D eigenvalue weighted by molar-refractivity contribution is 7.47. The lowest BCUT2D eigenvalue weighted by Crippen LogP contribution is -2.45. The molecule has 404 valence electrons. The second-order valence-electron chi connectivity index (χ2n) is 20.3. The van der Waals surface area contributed by atoms with Crippen LogP contribution < -0.4 is 5.32 Å². The van der Waals surface area contributed by atoms with Crippen LogP contribution in [0.2, 0.25) is 0 Å². The van der Waals surface area contributed by atoms with Crippen molar-refractivity contribution in [3.8, 4) is 0 Å². The molecule has 0 bridgehead atoms. The van der Waals surface area contributed by atoms with Crippen LogP contribution in [0.5, 0.6) is 0 Å². The predicted octanol–water partition coefficient (Wildman–Crippen LogP) is 17.4. The fourth-order valence-electron chi connectivity index (χ4n) is 7.83. The number of likely N-dealkylation sites (N-methyl/N-ethyl adjacent to an activating group) is 1. The quantitative estimate of drug-likeness (QED) is 0.0243. The maximum Gasteiger partial charge on any atom is 0.472 e. The molecule has 0 aromatic rings. The van der Waals surface area contributed by atoms with E-state index in [0.717, 1.165) is 83.5 Å². The number of amides is 1. The fraction of sp³-hybridized carbons (Fsp3) is 0.721. The van der Waals surface area contributed by atoms with Crippen molar-refractivity contribution < 1.29 is 32.9 Å². The summed E-state index contributed by atoms with van der Waals surface area (Å²) >= 11 is 0. The number of phosphoric ester groups is 1. The van der Waals surface area contributed by atoms with Gasteiger partial charge in [-0.1, -0.05) is 246 Å². The lowest BCUT2D eigenvalue weighted by Gasteiger charge is -2.25. The molecule has 0 aliphatic heterocycles. The van der Waals surface area contributed by atoms with Crippen molar-refractivity contribution in [2.75, 3.05) is 40.9 Å². The average molecular weight is 999 g/mol. The molecule has 3 atom stereocenters. The van der Waals surface area contributed by atoms with Gasteiger partial charge in [0.05, 0.1) is 39.9 Å². The molecule has 0 saturated heterocycles. The monoisotopic (exact) mass is 998 g/mol. The normalized spacial score (nSPS) is 14.7. The van der Waals surface area contributed by atoms with Gasteiger partial charge < -0.3 is 19.8 Å². The first-order chi connectivity index (χ1) is 34.0. The van der Waals surface area contributed by atoms with E-state index in [9.17, 15) is 19.4 Å². The minimum absolute atomic E-state index is 0.0539. The molecule has 3 N–H and O–H groups in total. The van der Waals surface area contributed by atoms with Gasteiger partial charge in [0.15, 0.2) is 0 Å². The number of nitrogens with zero attached hydrogens (tertiary/aromatic N) is 1. The molecule has 0 fully saturated rings. The molecule has 0 heterocycles. The number of unbranched alkanes of at least 4 members (excludes halogenated alkanes) is 24. The molecular formula is C61H110N2O6P+. The Morgan fingerprint density at radius 3 is 1.30 bits per heavy atom. The van der Waals surface area contributed by atoms with Gasteiger partial charge in [0.2, 0.25) is 5.91 Å². The first-order valence-corrected chi connectivity index (χ1v) is 30.1. The van der Waals surface area contributed by atoms with Gasteiger partial charge in [-0.2, -0.15) is 0 Å². The lowest BCUT2D eigenvalue weighted by molar-refractivity contribution is -0.870. The Labute approximate surface area is 432 Å². The summed E-state index contributed by atoms with van der Waals surface area (Å²) in [6.07, 6.45) is 74.3. The summed E-state index contributed by atoms with van der Waals surface area (Å²) in [7, 11) is 1.55. The molecular weight excluding hydrogens is 888 g/mol. The summed E-state index contributed by atoms with van der Waals surface area (Å²) in [6.45, 7) is 4.56. The van der Waals surface area contributed by atoms with Crippen molar-refractivity contribution in [1.29, 1.82) is 0 Å². The average Bonchev–Trinajstić information content (AvgIpc) is 3.32. The van der Waals surface area contributed by atoms with Gasteiger partial charge >= 0.3 is 7.82 Å². The van der Waals surface area contributed by atoms with Gasteiger partial charge in [-0.3, -0.25) is 13.8 Å². The van der Waals surface area contributed by atoms with Crippen LogP contribution in [-0.4, -0.2) is 73.4 Å². The van der Waals surface area contributed by atoms with Crippen LogP contribution in [0.1, 0.15) is 232 Å². The number of hydrogen-bond acceptors (Lipinski definition) is 5. The van der Waals surface area contributed by atoms with Crippen molar-refractivity contribution in [3.05, 3.63) is 97.2 Å². The smallest absolute Gasteiger partial charge is 0.387 e. The Bertz CT molecular complexity index is 1460. The summed E-state index contributed by atoms with van der Waals surface area (Å²) in [6, 6.07) is -0.862. The first-order valence-electron chi connectivity index (χ1n) is 28.6. The summed E-state index contributed by atoms with van der Waals surface area (Å²) in [5, 5.41) is 13.7. The Morgan fingerprint density at radius 2 is 0.871 bits per heavy atom. The van der Waals surface area contributed by atoms with E-state index >= 15 is 0 Å². The number of carbonyl (C=O) groups excluding carboxylic acids is 1. The van der Waals surface area contributed by atoms with E-state index in [4.69, 9.17) is 9.05 Å². The zero-order valence-electron chi connectivity index (χ0n) is 46.0. The maximum atomic E-state index is 12.9. The van der Waals surface area contributed by atoms with Gasteiger partial charge in [0, 0.05) is 6.42 Å². The van der Waals surface area contributed by atoms with Gasteiger partial charge in [0.25, 0.3) is 0 Å². The van der Waals surface area contributed by atoms with Crippen LogP contribution in [0.4, 0.5) is 0 Å². The van der Waals surface area contributed by atoms with Crippen molar-refractivity contribution in [1.82, 2.24) is 5.32 Å². The highest BCUT2D eigenvalue weighted by Gasteiger charge is 2.27. The van der Waals surface area contributed by atoms with Crippen LogP contribution in [-0.2, 0) is 18.4 Å². The molecule has 3 unspecified atom stereocenters. The number of aliphatic hydroxyl groups is 1. The van der Waals surface area contributed by atoms with Crippen molar-refractivity contribution >= 4 is 13.7 Å². The standard InChI is InChI=1S/C61H109N2O6P/c1-6-8-10-12-14-15-16-17-18-19-20-21-22-23-24-25-26-27-28-29-30-31-32-33-34-35-36-37-38-39-40-41-42-43-44-45-46-47-49-51-53-55-61(65)62-59(60(64)54-52-50-48-13-11-9-7-2)58-69-70(66,67)68-57-56-63(3,4)5/h8,10-11,13-15,17-18,20-21,23-24,26-27,52,54,59-60,64H,6-7,9,12,16,19,22,25,28-51,53,55-58H2,1-5H3,(H-,62,65,66,67)/p+1/b10-8-,13-11+,15-14-,18-17-,21-20-,24-23-,27-26-,54-52+. The highest BCUT2D eigenvalue weighted by Crippen LogP contribution is 2.43. The maximum absolute atomic E-state index is 12.9. The van der Waals surface area contributed by atoms with Gasteiger partial charge in [-0.15, -0.1) is 0 Å². The third kappa shape index (κ3) is 53.2. The van der Waals surface area contributed by atoms with E-state index in [-0.39, 0.29) is 19.1 Å². The van der Waals surface area contributed by atoms with E-state index in [2.05, 4.69) is 104 Å².